The number of benzene rings is 1. The van der Waals surface area contributed by atoms with Crippen molar-refractivity contribution in [3.8, 4) is 0 Å². The Morgan fingerprint density at radius 2 is 1.95 bits per heavy atom. The van der Waals surface area contributed by atoms with Crippen LogP contribution in [0.4, 0.5) is 0 Å². The molecule has 0 saturated heterocycles. The zero-order valence-corrected chi connectivity index (χ0v) is 12.4. The second kappa shape index (κ2) is 6.62. The van der Waals surface area contributed by atoms with E-state index >= 15 is 0 Å². The number of hydrogen-bond donors (Lipinski definition) is 1. The van der Waals surface area contributed by atoms with Crippen LogP contribution in [0.5, 0.6) is 0 Å². The first-order valence-corrected chi connectivity index (χ1v) is 7.63. The van der Waals surface area contributed by atoms with Crippen LogP contribution in [-0.2, 0) is 11.2 Å². The molecule has 1 aromatic carbocycles. The van der Waals surface area contributed by atoms with Gasteiger partial charge in [-0.25, -0.2) is 0 Å². The lowest BCUT2D eigenvalue weighted by atomic mass is 9.88. The number of alkyl halides is 1. The molecule has 1 saturated carbocycles. The van der Waals surface area contributed by atoms with Crippen molar-refractivity contribution in [1.29, 1.82) is 0 Å². The fourth-order valence-corrected chi connectivity index (χ4v) is 3.21. The second-order valence-electron chi connectivity index (χ2n) is 5.39. The highest BCUT2D eigenvalue weighted by atomic mass is 35.5. The summed E-state index contributed by atoms with van der Waals surface area (Å²) in [5.74, 6) is 0.642. The highest BCUT2D eigenvalue weighted by Crippen LogP contribution is 2.38. The Balaban J connectivity index is 1.86. The molecule has 2 rings (SSSR count). The molecule has 1 amide bonds. The molecule has 0 spiro atoms. The second-order valence-corrected chi connectivity index (χ2v) is 6.06. The van der Waals surface area contributed by atoms with E-state index in [0.29, 0.717) is 23.9 Å². The van der Waals surface area contributed by atoms with Crippen molar-refractivity contribution >= 4 is 29.1 Å². The Labute approximate surface area is 124 Å². The molecule has 1 aliphatic rings. The van der Waals surface area contributed by atoms with Crippen molar-refractivity contribution in [2.24, 2.45) is 5.41 Å². The molecule has 0 heterocycles. The molecule has 2 nitrogen and oxygen atoms in total. The van der Waals surface area contributed by atoms with Gasteiger partial charge in [-0.05, 0) is 24.5 Å². The van der Waals surface area contributed by atoms with Crippen LogP contribution in [0.25, 0.3) is 0 Å². The highest BCUT2D eigenvalue weighted by molar-refractivity contribution is 6.31. The molecule has 104 valence electrons. The van der Waals surface area contributed by atoms with Crippen molar-refractivity contribution in [2.75, 3.05) is 12.4 Å². The molecule has 0 aliphatic heterocycles. The minimum absolute atomic E-state index is 0.0180. The smallest absolute Gasteiger partial charge is 0.224 e. The van der Waals surface area contributed by atoms with Gasteiger partial charge in [0.2, 0.25) is 5.91 Å². The Morgan fingerprint density at radius 3 is 2.58 bits per heavy atom. The van der Waals surface area contributed by atoms with E-state index in [-0.39, 0.29) is 11.3 Å². The van der Waals surface area contributed by atoms with Gasteiger partial charge in [0, 0.05) is 22.9 Å². The van der Waals surface area contributed by atoms with Gasteiger partial charge in [-0.3, -0.25) is 4.79 Å². The average Bonchev–Trinajstić information content (AvgIpc) is 2.89. The van der Waals surface area contributed by atoms with E-state index in [4.69, 9.17) is 23.2 Å². The minimum atomic E-state index is 0.0180. The van der Waals surface area contributed by atoms with Gasteiger partial charge in [0.15, 0.2) is 0 Å². The quantitative estimate of drug-likeness (QED) is 0.823. The zero-order chi connectivity index (χ0) is 13.7. The van der Waals surface area contributed by atoms with Crippen LogP contribution in [0.1, 0.15) is 31.2 Å². The number of hydrogen-bond acceptors (Lipinski definition) is 1. The van der Waals surface area contributed by atoms with Crippen molar-refractivity contribution < 1.29 is 4.79 Å². The predicted molar refractivity (Wildman–Crippen MR) is 79.8 cm³/mol. The summed E-state index contributed by atoms with van der Waals surface area (Å²) in [6.07, 6.45) is 4.99. The molecular formula is C15H19Cl2NO. The van der Waals surface area contributed by atoms with Gasteiger partial charge in [0.1, 0.15) is 0 Å². The zero-order valence-electron chi connectivity index (χ0n) is 10.9. The van der Waals surface area contributed by atoms with Crippen molar-refractivity contribution in [3.05, 3.63) is 34.9 Å². The topological polar surface area (TPSA) is 29.1 Å². The lowest BCUT2D eigenvalue weighted by Gasteiger charge is -2.26. The van der Waals surface area contributed by atoms with Gasteiger partial charge in [-0.1, -0.05) is 42.6 Å². The molecule has 1 aromatic rings. The predicted octanol–water partition coefficient (Wildman–Crippen LogP) is 3.80. The molecule has 4 heteroatoms. The van der Waals surface area contributed by atoms with Crippen LogP contribution < -0.4 is 5.32 Å². The normalized spacial score (nSPS) is 17.4. The van der Waals surface area contributed by atoms with Crippen LogP contribution in [0.3, 0.4) is 0 Å². The van der Waals surface area contributed by atoms with Gasteiger partial charge in [-0.2, -0.15) is 0 Å². The Morgan fingerprint density at radius 1 is 1.26 bits per heavy atom. The Bertz CT molecular complexity index is 442. The molecule has 0 atom stereocenters. The molecule has 0 radical (unpaired) electrons. The summed E-state index contributed by atoms with van der Waals surface area (Å²) >= 11 is 12.1. The maximum Gasteiger partial charge on any atom is 0.224 e. The summed E-state index contributed by atoms with van der Waals surface area (Å²) < 4.78 is 0. The molecule has 0 unspecified atom stereocenters. The number of halogens is 2. The van der Waals surface area contributed by atoms with E-state index in [1.54, 1.807) is 6.07 Å². The molecule has 0 bridgehead atoms. The molecule has 19 heavy (non-hydrogen) atoms. The van der Waals surface area contributed by atoms with E-state index < -0.39 is 0 Å². The van der Waals surface area contributed by atoms with Crippen LogP contribution in [0.2, 0.25) is 5.02 Å². The van der Waals surface area contributed by atoms with E-state index in [9.17, 15) is 4.79 Å². The Hall–Kier alpha value is -0.730. The summed E-state index contributed by atoms with van der Waals surface area (Å²) in [7, 11) is 0. The van der Waals surface area contributed by atoms with Gasteiger partial charge in [-0.15, -0.1) is 11.6 Å². The number of rotatable bonds is 5. The largest absolute Gasteiger partial charge is 0.355 e. The van der Waals surface area contributed by atoms with Gasteiger partial charge >= 0.3 is 0 Å². The average molecular weight is 300 g/mol. The number of carbonyl (C=O) groups is 1. The summed E-state index contributed by atoms with van der Waals surface area (Å²) in [5, 5.41) is 3.65. The van der Waals surface area contributed by atoms with E-state index in [0.717, 1.165) is 18.4 Å². The lowest BCUT2D eigenvalue weighted by Crippen LogP contribution is -2.37. The minimum Gasteiger partial charge on any atom is -0.355 e. The van der Waals surface area contributed by atoms with Crippen LogP contribution in [0.15, 0.2) is 24.3 Å². The first-order valence-electron chi connectivity index (χ1n) is 6.71. The summed E-state index contributed by atoms with van der Waals surface area (Å²) in [4.78, 5) is 12.0. The molecule has 1 N–H and O–H groups in total. The van der Waals surface area contributed by atoms with Crippen molar-refractivity contribution in [3.63, 3.8) is 0 Å². The lowest BCUT2D eigenvalue weighted by molar-refractivity contribution is -0.120. The monoisotopic (exact) mass is 299 g/mol. The summed E-state index contributed by atoms with van der Waals surface area (Å²) in [6.45, 7) is 0.680. The van der Waals surface area contributed by atoms with Crippen molar-refractivity contribution in [1.82, 2.24) is 5.32 Å². The fourth-order valence-electron chi connectivity index (χ4n) is 2.65. The highest BCUT2D eigenvalue weighted by Gasteiger charge is 2.33. The molecule has 0 aromatic heterocycles. The van der Waals surface area contributed by atoms with Crippen molar-refractivity contribution in [2.45, 2.75) is 32.1 Å². The maximum atomic E-state index is 12.0. The Kier molecular flexibility index (Phi) is 5.12. The van der Waals surface area contributed by atoms with Crippen LogP contribution in [0, 0.1) is 5.41 Å². The maximum absolute atomic E-state index is 12.0. The third-order valence-electron chi connectivity index (χ3n) is 3.92. The van der Waals surface area contributed by atoms with Gasteiger partial charge in [0.05, 0.1) is 6.42 Å². The number of amides is 1. The van der Waals surface area contributed by atoms with Crippen LogP contribution >= 0.6 is 23.2 Å². The molecule has 1 fully saturated rings. The van der Waals surface area contributed by atoms with Gasteiger partial charge in [0.25, 0.3) is 0 Å². The number of nitrogens with one attached hydrogen (secondary N) is 1. The van der Waals surface area contributed by atoms with Crippen LogP contribution in [-0.4, -0.2) is 18.3 Å². The SMILES string of the molecule is O=C(Cc1ccccc1Cl)NCC1(CCl)CCCC1. The third-order valence-corrected chi connectivity index (χ3v) is 4.85. The van der Waals surface area contributed by atoms with E-state index in [1.165, 1.54) is 12.8 Å². The van der Waals surface area contributed by atoms with Gasteiger partial charge < -0.3 is 5.32 Å². The number of carbonyl (C=O) groups excluding carboxylic acids is 1. The first kappa shape index (κ1) is 14.7. The third kappa shape index (κ3) is 3.87. The standard InChI is InChI=1S/C15H19Cl2NO/c16-10-15(7-3-4-8-15)11-18-14(19)9-12-5-1-2-6-13(12)17/h1-2,5-6H,3-4,7-11H2,(H,18,19). The molecule has 1 aliphatic carbocycles. The summed E-state index contributed by atoms with van der Waals surface area (Å²) in [6, 6.07) is 7.45. The fraction of sp³-hybridized carbons (Fsp3) is 0.533. The first-order chi connectivity index (χ1) is 9.15. The van der Waals surface area contributed by atoms with E-state index in [2.05, 4.69) is 5.32 Å². The van der Waals surface area contributed by atoms with E-state index in [1.807, 2.05) is 18.2 Å². The molecular weight excluding hydrogens is 281 g/mol. The summed E-state index contributed by atoms with van der Waals surface area (Å²) in [5.41, 5.74) is 0.977.